The van der Waals surface area contributed by atoms with Crippen molar-refractivity contribution in [2.45, 2.75) is 11.6 Å². The van der Waals surface area contributed by atoms with Crippen molar-refractivity contribution in [3.05, 3.63) is 38.0 Å². The van der Waals surface area contributed by atoms with E-state index in [1.165, 1.54) is 47.5 Å². The fraction of sp³-hybridized carbons (Fsp3) is 0.368. The van der Waals surface area contributed by atoms with Crippen molar-refractivity contribution in [3.8, 4) is 11.5 Å². The number of nitrogens with zero attached hydrogens (tertiary/aromatic N) is 4. The molecule has 3 aromatic rings. The molecule has 33 heavy (non-hydrogen) atoms. The summed E-state index contributed by atoms with van der Waals surface area (Å²) in [6.07, 6.45) is -0.407. The molecule has 1 N–H and O–H groups in total. The quantitative estimate of drug-likeness (QED) is 0.493. The number of nitrogens with one attached hydrogen (secondary N) is 1. The zero-order valence-corrected chi connectivity index (χ0v) is 20.1. The molecule has 0 unspecified atom stereocenters. The van der Waals surface area contributed by atoms with Crippen molar-refractivity contribution in [3.63, 3.8) is 0 Å². The number of imidazole rings is 1. The Hall–Kier alpha value is -3.32. The second-order valence-electron chi connectivity index (χ2n) is 7.14. The van der Waals surface area contributed by atoms with Crippen LogP contribution in [0.4, 0.5) is 5.69 Å². The Labute approximate surface area is 193 Å². The second-order valence-corrected chi connectivity index (χ2v) is 9.55. The molecule has 3 rings (SSSR count). The minimum absolute atomic E-state index is 0.0590. The maximum atomic E-state index is 12.9. The largest absolute Gasteiger partial charge is 0.495 e. The molecular weight excluding hydrogens is 478 g/mol. The van der Waals surface area contributed by atoms with Gasteiger partial charge in [0.2, 0.25) is 20.9 Å². The third-order valence-electron chi connectivity index (χ3n) is 5.05. The normalized spacial score (nSPS) is 11.6. The van der Waals surface area contributed by atoms with E-state index in [0.717, 1.165) is 13.7 Å². The number of aromatic nitrogens is 4. The summed E-state index contributed by atoms with van der Waals surface area (Å²) in [6, 6.07) is 2.91. The number of amides is 1. The summed E-state index contributed by atoms with van der Waals surface area (Å²) < 4.78 is 39.2. The van der Waals surface area contributed by atoms with Gasteiger partial charge in [-0.15, -0.1) is 0 Å². The van der Waals surface area contributed by atoms with Crippen LogP contribution in [0.5, 0.6) is 11.5 Å². The molecule has 1 aromatic carbocycles. The van der Waals surface area contributed by atoms with Crippen molar-refractivity contribution in [1.29, 1.82) is 0 Å². The summed E-state index contributed by atoms with van der Waals surface area (Å²) >= 11 is 6.09. The lowest BCUT2D eigenvalue weighted by Gasteiger charge is -2.13. The van der Waals surface area contributed by atoms with Crippen molar-refractivity contribution < 1.29 is 22.7 Å². The Bertz CT molecular complexity index is 1490. The first-order chi connectivity index (χ1) is 15.4. The number of carbonyl (C=O) groups excluding carboxylic acids is 1. The van der Waals surface area contributed by atoms with E-state index in [2.05, 4.69) is 10.3 Å². The smallest absolute Gasteiger partial charge is 0.332 e. The lowest BCUT2D eigenvalue weighted by Crippen LogP contribution is -2.37. The Morgan fingerprint density at radius 1 is 1.06 bits per heavy atom. The van der Waals surface area contributed by atoms with E-state index >= 15 is 0 Å². The number of fused-ring (bicyclic) bond motifs is 1. The van der Waals surface area contributed by atoms with Crippen LogP contribution in [0.1, 0.15) is 6.42 Å². The van der Waals surface area contributed by atoms with Gasteiger partial charge in [0.1, 0.15) is 11.5 Å². The van der Waals surface area contributed by atoms with E-state index in [9.17, 15) is 22.8 Å². The van der Waals surface area contributed by atoms with Crippen LogP contribution in [-0.2, 0) is 35.8 Å². The van der Waals surface area contributed by atoms with Gasteiger partial charge in [0, 0.05) is 33.6 Å². The van der Waals surface area contributed by atoms with Crippen LogP contribution < -0.4 is 26.0 Å². The molecule has 2 aromatic heterocycles. The van der Waals surface area contributed by atoms with Crippen LogP contribution >= 0.6 is 11.6 Å². The molecule has 0 fully saturated rings. The molecule has 178 valence electrons. The molecule has 14 heteroatoms. The van der Waals surface area contributed by atoms with Gasteiger partial charge in [-0.1, -0.05) is 11.6 Å². The van der Waals surface area contributed by atoms with E-state index in [1.807, 2.05) is 0 Å². The number of rotatable bonds is 7. The summed E-state index contributed by atoms with van der Waals surface area (Å²) in [7, 11) is 2.80. The van der Waals surface area contributed by atoms with Gasteiger partial charge in [0.15, 0.2) is 11.2 Å². The molecule has 0 aliphatic carbocycles. The zero-order chi connectivity index (χ0) is 24.7. The number of methoxy groups -OCH3 is 2. The number of hydrogen-bond acceptors (Lipinski definition) is 8. The molecular formula is C19H22ClN5O7S. The van der Waals surface area contributed by atoms with E-state index < -0.39 is 44.3 Å². The fourth-order valence-electron chi connectivity index (χ4n) is 3.33. The van der Waals surface area contributed by atoms with Crippen LogP contribution in [0.15, 0.2) is 26.9 Å². The van der Waals surface area contributed by atoms with Gasteiger partial charge in [-0.05, 0) is 6.07 Å². The monoisotopic (exact) mass is 499 g/mol. The topological polar surface area (TPSA) is 144 Å². The average Bonchev–Trinajstić information content (AvgIpc) is 3.13. The van der Waals surface area contributed by atoms with Crippen LogP contribution in [0.2, 0.25) is 5.02 Å². The molecule has 12 nitrogen and oxygen atoms in total. The first kappa shape index (κ1) is 24.3. The van der Waals surface area contributed by atoms with Crippen LogP contribution in [0.3, 0.4) is 0 Å². The zero-order valence-electron chi connectivity index (χ0n) is 18.5. The van der Waals surface area contributed by atoms with E-state index in [1.54, 1.807) is 0 Å². The number of carbonyl (C=O) groups is 1. The van der Waals surface area contributed by atoms with Gasteiger partial charge in [0.25, 0.3) is 5.56 Å². The predicted molar refractivity (Wildman–Crippen MR) is 121 cm³/mol. The minimum Gasteiger partial charge on any atom is -0.495 e. The summed E-state index contributed by atoms with van der Waals surface area (Å²) in [5, 5.41) is 2.36. The number of halogens is 1. The second kappa shape index (κ2) is 8.90. The number of aryl methyl sites for hydroxylation is 2. The van der Waals surface area contributed by atoms with Crippen LogP contribution in [0, 0.1) is 0 Å². The predicted octanol–water partition coefficient (Wildman–Crippen LogP) is 0.444. The average molecular weight is 500 g/mol. The molecule has 0 atom stereocenters. The summed E-state index contributed by atoms with van der Waals surface area (Å²) in [6.45, 7) is 0. The summed E-state index contributed by atoms with van der Waals surface area (Å²) in [5.41, 5.74) is -1.20. The Morgan fingerprint density at radius 2 is 1.70 bits per heavy atom. The maximum Gasteiger partial charge on any atom is 0.332 e. The molecule has 2 heterocycles. The fourth-order valence-corrected chi connectivity index (χ4v) is 4.94. The summed E-state index contributed by atoms with van der Waals surface area (Å²) in [4.78, 5) is 41.0. The van der Waals surface area contributed by atoms with Crippen molar-refractivity contribution in [2.24, 2.45) is 21.1 Å². The molecule has 0 spiro atoms. The summed E-state index contributed by atoms with van der Waals surface area (Å²) in [5.74, 6) is -0.576. The standard InChI is InChI=1S/C19H22ClN5O7S/c1-23-16-15(17(27)25(3)19(28)24(16)2)22-18(23)33(29,30)7-6-14(26)21-11-8-10(20)12(31-4)9-13(11)32-5/h8-9H,6-7H2,1-5H3,(H,21,26). The minimum atomic E-state index is -4.08. The lowest BCUT2D eigenvalue weighted by atomic mass is 10.2. The van der Waals surface area contributed by atoms with Gasteiger partial charge in [-0.3, -0.25) is 18.7 Å². The third kappa shape index (κ3) is 4.33. The highest BCUT2D eigenvalue weighted by atomic mass is 35.5. The number of hydrogen-bond donors (Lipinski definition) is 1. The molecule has 0 radical (unpaired) electrons. The molecule has 0 bridgehead atoms. The van der Waals surface area contributed by atoms with Crippen molar-refractivity contribution in [1.82, 2.24) is 18.7 Å². The van der Waals surface area contributed by atoms with Gasteiger partial charge >= 0.3 is 5.69 Å². The lowest BCUT2D eigenvalue weighted by molar-refractivity contribution is -0.115. The Balaban J connectivity index is 1.87. The highest BCUT2D eigenvalue weighted by Crippen LogP contribution is 2.36. The first-order valence-corrected chi connectivity index (χ1v) is 11.5. The molecule has 0 aliphatic rings. The Kier molecular flexibility index (Phi) is 6.56. The highest BCUT2D eigenvalue weighted by Gasteiger charge is 2.26. The maximum absolute atomic E-state index is 12.9. The molecule has 0 aliphatic heterocycles. The van der Waals surface area contributed by atoms with E-state index in [-0.39, 0.29) is 27.6 Å². The van der Waals surface area contributed by atoms with Crippen molar-refractivity contribution >= 4 is 44.2 Å². The van der Waals surface area contributed by atoms with E-state index in [0.29, 0.717) is 5.75 Å². The Morgan fingerprint density at radius 3 is 2.30 bits per heavy atom. The van der Waals surface area contributed by atoms with Gasteiger partial charge in [0.05, 0.1) is 30.7 Å². The van der Waals surface area contributed by atoms with Gasteiger partial charge in [-0.2, -0.15) is 0 Å². The van der Waals surface area contributed by atoms with E-state index in [4.69, 9.17) is 21.1 Å². The van der Waals surface area contributed by atoms with Crippen molar-refractivity contribution in [2.75, 3.05) is 25.3 Å². The third-order valence-corrected chi connectivity index (χ3v) is 7.01. The van der Waals surface area contributed by atoms with Gasteiger partial charge in [-0.25, -0.2) is 18.2 Å². The highest BCUT2D eigenvalue weighted by molar-refractivity contribution is 7.91. The molecule has 0 saturated heterocycles. The number of benzene rings is 1. The van der Waals surface area contributed by atoms with Gasteiger partial charge < -0.3 is 19.4 Å². The van der Waals surface area contributed by atoms with Crippen LogP contribution in [0.25, 0.3) is 11.2 Å². The first-order valence-electron chi connectivity index (χ1n) is 9.49. The number of ether oxygens (including phenoxy) is 2. The SMILES string of the molecule is COc1cc(OC)c(NC(=O)CCS(=O)(=O)c2nc3c(=O)n(C)c(=O)n(C)c3n2C)cc1Cl. The number of sulfone groups is 1. The molecule has 1 amide bonds. The molecule has 0 saturated carbocycles. The van der Waals surface area contributed by atoms with Crippen LogP contribution in [-0.4, -0.2) is 53.0 Å². The number of anilines is 1.